The average Bonchev–Trinajstić information content (AvgIpc) is 2.40. The Labute approximate surface area is 130 Å². The molecule has 1 aliphatic heterocycles. The zero-order valence-electron chi connectivity index (χ0n) is 10.7. The van der Waals surface area contributed by atoms with E-state index in [1.54, 1.807) is 0 Å². The SMILES string of the molecule is CC1=CC=CC2=NC(=S)N(c3ccc(Br)cc3)C(=O)C12. The van der Waals surface area contributed by atoms with Crippen LogP contribution in [-0.4, -0.2) is 16.7 Å². The summed E-state index contributed by atoms with van der Waals surface area (Å²) in [6.07, 6.45) is 5.69. The second kappa shape index (κ2) is 5.07. The van der Waals surface area contributed by atoms with Gasteiger partial charge in [0.2, 0.25) is 11.0 Å². The first kappa shape index (κ1) is 13.4. The van der Waals surface area contributed by atoms with Crippen molar-refractivity contribution in [2.24, 2.45) is 10.9 Å². The van der Waals surface area contributed by atoms with Gasteiger partial charge in [-0.15, -0.1) is 0 Å². The number of halogens is 1. The number of carbonyl (C=O) groups is 1. The Hall–Kier alpha value is -1.59. The number of anilines is 1. The molecule has 0 fully saturated rings. The van der Waals surface area contributed by atoms with E-state index in [4.69, 9.17) is 12.2 Å². The van der Waals surface area contributed by atoms with Crippen molar-refractivity contribution in [3.63, 3.8) is 0 Å². The maximum absolute atomic E-state index is 12.7. The zero-order valence-corrected chi connectivity index (χ0v) is 13.1. The van der Waals surface area contributed by atoms with Gasteiger partial charge in [0.15, 0.2) is 0 Å². The van der Waals surface area contributed by atoms with Crippen molar-refractivity contribution in [2.75, 3.05) is 4.90 Å². The van der Waals surface area contributed by atoms with E-state index in [1.807, 2.05) is 49.4 Å². The van der Waals surface area contributed by atoms with E-state index in [0.29, 0.717) is 5.11 Å². The Kier molecular flexibility index (Phi) is 3.40. The maximum Gasteiger partial charge on any atom is 0.246 e. The standard InChI is InChI=1S/C15H11BrN2OS/c1-9-3-2-4-12-13(9)14(19)18(15(20)17-12)11-7-5-10(16)6-8-11/h2-8,13H,1H3. The van der Waals surface area contributed by atoms with Gasteiger partial charge < -0.3 is 0 Å². The molecular weight excluding hydrogens is 336 g/mol. The first-order chi connectivity index (χ1) is 9.58. The molecule has 1 aromatic rings. The summed E-state index contributed by atoms with van der Waals surface area (Å²) in [5, 5.41) is 0.294. The third-order valence-electron chi connectivity index (χ3n) is 3.35. The summed E-state index contributed by atoms with van der Waals surface area (Å²) in [4.78, 5) is 18.6. The number of rotatable bonds is 1. The van der Waals surface area contributed by atoms with Crippen molar-refractivity contribution in [1.29, 1.82) is 0 Å². The molecule has 1 atom stereocenters. The summed E-state index contributed by atoms with van der Waals surface area (Å²) in [5.74, 6) is -0.365. The molecule has 20 heavy (non-hydrogen) atoms. The molecule has 0 saturated carbocycles. The number of amides is 1. The first-order valence-corrected chi connectivity index (χ1v) is 7.35. The van der Waals surface area contributed by atoms with Gasteiger partial charge in [-0.1, -0.05) is 33.7 Å². The molecule has 1 amide bonds. The van der Waals surface area contributed by atoms with Gasteiger partial charge in [0.1, 0.15) is 5.92 Å². The summed E-state index contributed by atoms with van der Waals surface area (Å²) < 4.78 is 0.956. The normalized spacial score (nSPS) is 21.5. The number of benzene rings is 1. The van der Waals surface area contributed by atoms with Crippen LogP contribution in [0, 0.1) is 5.92 Å². The quantitative estimate of drug-likeness (QED) is 0.727. The van der Waals surface area contributed by atoms with Crippen LogP contribution < -0.4 is 4.90 Å². The van der Waals surface area contributed by atoms with Gasteiger partial charge in [-0.3, -0.25) is 9.69 Å². The lowest BCUT2D eigenvalue weighted by molar-refractivity contribution is -0.118. The third kappa shape index (κ3) is 2.17. The molecule has 1 heterocycles. The molecule has 5 heteroatoms. The van der Waals surface area contributed by atoms with Crippen molar-refractivity contribution in [3.05, 3.63) is 52.5 Å². The molecule has 1 aromatic carbocycles. The van der Waals surface area contributed by atoms with Crippen LogP contribution in [0.4, 0.5) is 5.69 Å². The highest BCUT2D eigenvalue weighted by atomic mass is 79.9. The number of aliphatic imine (C=N–C) groups is 1. The molecule has 0 spiro atoms. The number of allylic oxidation sites excluding steroid dienone is 3. The molecule has 3 rings (SSSR count). The molecule has 3 nitrogen and oxygen atoms in total. The fraction of sp³-hybridized carbons (Fsp3) is 0.133. The Balaban J connectivity index is 2.06. The highest BCUT2D eigenvalue weighted by molar-refractivity contribution is 9.10. The molecule has 1 aliphatic carbocycles. The average molecular weight is 347 g/mol. The number of hydrogen-bond acceptors (Lipinski definition) is 2. The van der Waals surface area contributed by atoms with Gasteiger partial charge in [-0.25, -0.2) is 4.99 Å². The van der Waals surface area contributed by atoms with Crippen LogP contribution >= 0.6 is 28.1 Å². The van der Waals surface area contributed by atoms with Gasteiger partial charge >= 0.3 is 0 Å². The van der Waals surface area contributed by atoms with Crippen LogP contribution in [0.3, 0.4) is 0 Å². The van der Waals surface area contributed by atoms with Crippen LogP contribution in [0.5, 0.6) is 0 Å². The van der Waals surface area contributed by atoms with E-state index in [-0.39, 0.29) is 11.8 Å². The molecule has 0 radical (unpaired) electrons. The summed E-state index contributed by atoms with van der Waals surface area (Å²) in [6, 6.07) is 7.47. The number of carbonyl (C=O) groups excluding carboxylic acids is 1. The lowest BCUT2D eigenvalue weighted by Gasteiger charge is -2.32. The molecule has 0 aromatic heterocycles. The summed E-state index contributed by atoms with van der Waals surface area (Å²) in [5.41, 5.74) is 2.46. The van der Waals surface area contributed by atoms with Crippen LogP contribution in [0.2, 0.25) is 0 Å². The smallest absolute Gasteiger partial charge is 0.246 e. The molecule has 2 aliphatic rings. The second-order valence-electron chi connectivity index (χ2n) is 4.67. The number of fused-ring (bicyclic) bond motifs is 1. The Bertz CT molecular complexity index is 688. The molecule has 1 unspecified atom stereocenters. The predicted octanol–water partition coefficient (Wildman–Crippen LogP) is 3.65. The Morgan fingerprint density at radius 3 is 2.70 bits per heavy atom. The van der Waals surface area contributed by atoms with E-state index in [1.165, 1.54) is 4.90 Å². The second-order valence-corrected chi connectivity index (χ2v) is 5.95. The van der Waals surface area contributed by atoms with Crippen molar-refractivity contribution < 1.29 is 4.79 Å². The Morgan fingerprint density at radius 2 is 2.00 bits per heavy atom. The van der Waals surface area contributed by atoms with Crippen molar-refractivity contribution in [1.82, 2.24) is 0 Å². The molecule has 0 bridgehead atoms. The van der Waals surface area contributed by atoms with Gasteiger partial charge in [-0.2, -0.15) is 0 Å². The highest BCUT2D eigenvalue weighted by Crippen LogP contribution is 2.29. The Morgan fingerprint density at radius 1 is 1.30 bits per heavy atom. The first-order valence-electron chi connectivity index (χ1n) is 6.15. The predicted molar refractivity (Wildman–Crippen MR) is 88.0 cm³/mol. The minimum atomic E-state index is -0.324. The van der Waals surface area contributed by atoms with Crippen LogP contribution in [-0.2, 0) is 4.79 Å². The largest absolute Gasteiger partial charge is 0.273 e. The number of hydrogen-bond donors (Lipinski definition) is 0. The minimum Gasteiger partial charge on any atom is -0.273 e. The molecule has 100 valence electrons. The molecular formula is C15H11BrN2OS. The fourth-order valence-corrected chi connectivity index (χ4v) is 2.92. The monoisotopic (exact) mass is 346 g/mol. The van der Waals surface area contributed by atoms with E-state index in [2.05, 4.69) is 20.9 Å². The van der Waals surface area contributed by atoms with Crippen LogP contribution in [0.25, 0.3) is 0 Å². The van der Waals surface area contributed by atoms with Gasteiger partial charge in [0.05, 0.1) is 11.4 Å². The van der Waals surface area contributed by atoms with Gasteiger partial charge in [-0.05, 0) is 49.5 Å². The zero-order chi connectivity index (χ0) is 14.3. The van der Waals surface area contributed by atoms with Crippen molar-refractivity contribution in [3.8, 4) is 0 Å². The van der Waals surface area contributed by atoms with E-state index in [0.717, 1.165) is 21.4 Å². The van der Waals surface area contributed by atoms with Crippen molar-refractivity contribution >= 4 is 50.6 Å². The van der Waals surface area contributed by atoms with Gasteiger partial charge in [0, 0.05) is 4.47 Å². The molecule has 0 saturated heterocycles. The summed E-state index contributed by atoms with van der Waals surface area (Å²) in [6.45, 7) is 1.94. The van der Waals surface area contributed by atoms with E-state index >= 15 is 0 Å². The third-order valence-corrected chi connectivity index (χ3v) is 4.15. The van der Waals surface area contributed by atoms with Crippen LogP contribution in [0.1, 0.15) is 6.92 Å². The molecule has 0 N–H and O–H groups in total. The topological polar surface area (TPSA) is 32.7 Å². The lowest BCUT2D eigenvalue weighted by atomic mass is 9.88. The maximum atomic E-state index is 12.7. The van der Waals surface area contributed by atoms with Crippen LogP contribution in [0.15, 0.2) is 57.5 Å². The highest BCUT2D eigenvalue weighted by Gasteiger charge is 2.37. The van der Waals surface area contributed by atoms with Crippen molar-refractivity contribution in [2.45, 2.75) is 6.92 Å². The van der Waals surface area contributed by atoms with E-state index < -0.39 is 0 Å². The van der Waals surface area contributed by atoms with Gasteiger partial charge in [0.25, 0.3) is 0 Å². The minimum absolute atomic E-state index is 0.0413. The summed E-state index contributed by atoms with van der Waals surface area (Å²) >= 11 is 8.66. The number of thiocarbonyl (C=S) groups is 1. The number of nitrogens with zero attached hydrogens (tertiary/aromatic N) is 2. The summed E-state index contributed by atoms with van der Waals surface area (Å²) in [7, 11) is 0. The lowest BCUT2D eigenvalue weighted by Crippen LogP contribution is -2.47. The fourth-order valence-electron chi connectivity index (χ4n) is 2.36. The van der Waals surface area contributed by atoms with E-state index in [9.17, 15) is 4.79 Å².